The van der Waals surface area contributed by atoms with Gasteiger partial charge in [0.05, 0.1) is 28.9 Å². The van der Waals surface area contributed by atoms with Crippen molar-refractivity contribution in [2.75, 3.05) is 13.2 Å². The molecule has 3 aromatic carbocycles. The highest BCUT2D eigenvalue weighted by Gasteiger charge is 2.32. The highest BCUT2D eigenvalue weighted by molar-refractivity contribution is 9.11. The van der Waals surface area contributed by atoms with Gasteiger partial charge < -0.3 is 24.8 Å². The first kappa shape index (κ1) is 31.2. The van der Waals surface area contributed by atoms with Gasteiger partial charge in [-0.05, 0) is 65.8 Å². The lowest BCUT2D eigenvalue weighted by molar-refractivity contribution is -0.139. The van der Waals surface area contributed by atoms with E-state index in [1.807, 2.05) is 48.5 Å². The van der Waals surface area contributed by atoms with Gasteiger partial charge in [0.15, 0.2) is 11.7 Å². The van der Waals surface area contributed by atoms with Gasteiger partial charge in [-0.2, -0.15) is 5.10 Å². The predicted molar refractivity (Wildman–Crippen MR) is 171 cm³/mol. The predicted octanol–water partition coefficient (Wildman–Crippen LogP) is 5.68. The van der Waals surface area contributed by atoms with E-state index < -0.39 is 17.9 Å². The van der Waals surface area contributed by atoms with Crippen molar-refractivity contribution in [1.82, 2.24) is 16.1 Å². The van der Waals surface area contributed by atoms with E-state index in [1.54, 1.807) is 32.0 Å². The van der Waals surface area contributed by atoms with Crippen LogP contribution in [0.2, 0.25) is 0 Å². The number of nitrogens with one attached hydrogen (secondary N) is 3. The summed E-state index contributed by atoms with van der Waals surface area (Å²) in [7, 11) is 0. The molecule has 1 amide bonds. The number of halogens is 2. The van der Waals surface area contributed by atoms with Crippen LogP contribution in [0.3, 0.4) is 0 Å². The number of thiocarbonyl (C=S) groups is 1. The van der Waals surface area contributed by atoms with E-state index in [-0.39, 0.29) is 13.2 Å². The van der Waals surface area contributed by atoms with Crippen molar-refractivity contribution in [1.29, 1.82) is 0 Å². The Kier molecular flexibility index (Phi) is 11.1. The molecule has 1 atom stereocenters. The zero-order chi connectivity index (χ0) is 30.1. The summed E-state index contributed by atoms with van der Waals surface area (Å²) in [5.74, 6) is 0.0306. The molecule has 0 bridgehead atoms. The summed E-state index contributed by atoms with van der Waals surface area (Å²) in [5.41, 5.74) is 5.74. The zero-order valence-corrected chi connectivity index (χ0v) is 26.8. The summed E-state index contributed by atoms with van der Waals surface area (Å²) in [6, 6.07) is 20.0. The fraction of sp³-hybridized carbons (Fsp3) is 0.200. The molecular weight excluding hydrogens is 688 g/mol. The second-order valence-electron chi connectivity index (χ2n) is 8.99. The van der Waals surface area contributed by atoms with Gasteiger partial charge in [-0.25, -0.2) is 10.2 Å². The molecule has 3 aromatic rings. The molecule has 0 radical (unpaired) electrons. The summed E-state index contributed by atoms with van der Waals surface area (Å²) in [4.78, 5) is 25.4. The van der Waals surface area contributed by atoms with Crippen molar-refractivity contribution in [2.24, 2.45) is 5.10 Å². The second-order valence-corrected chi connectivity index (χ2v) is 11.2. The molecule has 42 heavy (non-hydrogen) atoms. The number of hydrazone groups is 1. The number of para-hydroxylation sites is 1. The number of allylic oxidation sites excluding steroid dienone is 1. The quantitative estimate of drug-likeness (QED) is 0.101. The van der Waals surface area contributed by atoms with Crippen LogP contribution in [0.15, 0.2) is 92.0 Å². The molecular formula is C30H28Br2N4O5S. The fourth-order valence-electron chi connectivity index (χ4n) is 4.16. The zero-order valence-electron chi connectivity index (χ0n) is 22.8. The van der Waals surface area contributed by atoms with E-state index in [2.05, 4.69) is 53.0 Å². The number of rotatable bonds is 11. The Hall–Kier alpha value is -3.74. The summed E-state index contributed by atoms with van der Waals surface area (Å²) in [6.07, 6.45) is 1.50. The van der Waals surface area contributed by atoms with E-state index in [4.69, 9.17) is 26.4 Å². The topological polar surface area (TPSA) is 110 Å². The first-order chi connectivity index (χ1) is 20.3. The highest BCUT2D eigenvalue weighted by atomic mass is 79.9. The molecule has 4 rings (SSSR count). The monoisotopic (exact) mass is 714 g/mol. The Balaban J connectivity index is 1.43. The van der Waals surface area contributed by atoms with Crippen LogP contribution in [0.5, 0.6) is 11.5 Å². The van der Waals surface area contributed by atoms with E-state index in [0.717, 1.165) is 14.5 Å². The number of esters is 1. The number of nitrogens with zero attached hydrogens (tertiary/aromatic N) is 1. The maximum absolute atomic E-state index is 12.8. The fourth-order valence-corrected chi connectivity index (χ4v) is 5.81. The molecule has 0 fully saturated rings. The average Bonchev–Trinajstić information content (AvgIpc) is 2.96. The van der Waals surface area contributed by atoms with Gasteiger partial charge in [-0.1, -0.05) is 64.5 Å². The van der Waals surface area contributed by atoms with E-state index >= 15 is 0 Å². The van der Waals surface area contributed by atoms with E-state index in [9.17, 15) is 9.59 Å². The maximum atomic E-state index is 12.8. The second kappa shape index (κ2) is 14.9. The lowest BCUT2D eigenvalue weighted by Crippen LogP contribution is -2.45. The number of hydrogen-bond acceptors (Lipinski definition) is 7. The minimum Gasteiger partial charge on any atom is -0.487 e. The summed E-state index contributed by atoms with van der Waals surface area (Å²) in [6.45, 7) is 3.77. The number of benzene rings is 3. The normalized spacial score (nSPS) is 14.7. The van der Waals surface area contributed by atoms with Crippen molar-refractivity contribution in [3.05, 3.63) is 104 Å². The summed E-state index contributed by atoms with van der Waals surface area (Å²) < 4.78 is 18.7. The number of amides is 1. The first-order valence-electron chi connectivity index (χ1n) is 12.9. The SMILES string of the molecule is CCOC(=O)C1=C(C)NC(=S)N[C@@H]1c1ccccc1OCC(=O)NN=Cc1cc(Br)cc(Br)c1OCc1ccccc1. The Morgan fingerprint density at radius 1 is 1.07 bits per heavy atom. The molecule has 218 valence electrons. The Bertz CT molecular complexity index is 1530. The molecule has 1 aliphatic heterocycles. The third kappa shape index (κ3) is 8.17. The molecule has 0 aliphatic carbocycles. The van der Waals surface area contributed by atoms with Crippen molar-refractivity contribution in [3.8, 4) is 11.5 Å². The largest absolute Gasteiger partial charge is 0.487 e. The van der Waals surface area contributed by atoms with Gasteiger partial charge in [-0.3, -0.25) is 4.79 Å². The third-order valence-corrected chi connectivity index (χ3v) is 7.28. The molecule has 0 aromatic heterocycles. The number of ether oxygens (including phenoxy) is 3. The van der Waals surface area contributed by atoms with Crippen molar-refractivity contribution in [3.63, 3.8) is 0 Å². The van der Waals surface area contributed by atoms with Gasteiger partial charge >= 0.3 is 5.97 Å². The third-order valence-electron chi connectivity index (χ3n) is 6.01. The van der Waals surface area contributed by atoms with E-state index in [1.165, 1.54) is 6.21 Å². The smallest absolute Gasteiger partial charge is 0.338 e. The van der Waals surface area contributed by atoms with Gasteiger partial charge in [0, 0.05) is 21.3 Å². The molecule has 1 heterocycles. The van der Waals surface area contributed by atoms with Crippen LogP contribution in [0, 0.1) is 0 Å². The molecule has 0 saturated heterocycles. The molecule has 1 aliphatic rings. The molecule has 3 N–H and O–H groups in total. The number of carbonyl (C=O) groups is 2. The number of hydrogen-bond donors (Lipinski definition) is 3. The maximum Gasteiger partial charge on any atom is 0.338 e. The molecule has 12 heteroatoms. The summed E-state index contributed by atoms with van der Waals surface area (Å²) in [5, 5.41) is 10.5. The molecule has 0 spiro atoms. The standard InChI is InChI=1S/C30H28Br2N4O5S/c1-3-39-29(38)26-18(2)34-30(42)35-27(26)22-11-7-8-12-24(22)40-17-25(37)36-33-15-20-13-21(31)14-23(32)28(20)41-16-19-9-5-4-6-10-19/h4-15,27H,3,16-17H2,1-2H3,(H,36,37)(H2,34,35,42)/t27-/m1/s1. The highest BCUT2D eigenvalue weighted by Crippen LogP contribution is 2.34. The van der Waals surface area contributed by atoms with Crippen LogP contribution < -0.4 is 25.5 Å². The van der Waals surface area contributed by atoms with Crippen LogP contribution in [0.25, 0.3) is 0 Å². The summed E-state index contributed by atoms with van der Waals surface area (Å²) >= 11 is 12.3. The van der Waals surface area contributed by atoms with Crippen LogP contribution in [0.4, 0.5) is 0 Å². The van der Waals surface area contributed by atoms with Gasteiger partial charge in [0.25, 0.3) is 5.91 Å². The van der Waals surface area contributed by atoms with Crippen LogP contribution in [0.1, 0.15) is 36.6 Å². The Morgan fingerprint density at radius 2 is 1.81 bits per heavy atom. The van der Waals surface area contributed by atoms with Crippen molar-refractivity contribution in [2.45, 2.75) is 26.5 Å². The van der Waals surface area contributed by atoms with Crippen molar-refractivity contribution >= 4 is 67.3 Å². The minimum absolute atomic E-state index is 0.225. The van der Waals surface area contributed by atoms with E-state index in [0.29, 0.717) is 45.6 Å². The number of carbonyl (C=O) groups excluding carboxylic acids is 2. The molecule has 9 nitrogen and oxygen atoms in total. The Morgan fingerprint density at radius 3 is 2.57 bits per heavy atom. The lowest BCUT2D eigenvalue weighted by atomic mass is 9.95. The van der Waals surface area contributed by atoms with Gasteiger partial charge in [-0.15, -0.1) is 0 Å². The van der Waals surface area contributed by atoms with Crippen LogP contribution >= 0.6 is 44.1 Å². The van der Waals surface area contributed by atoms with Crippen LogP contribution in [-0.2, 0) is 20.9 Å². The van der Waals surface area contributed by atoms with Crippen molar-refractivity contribution < 1.29 is 23.8 Å². The molecule has 0 saturated carbocycles. The van der Waals surface area contributed by atoms with Gasteiger partial charge in [0.2, 0.25) is 0 Å². The Labute approximate surface area is 266 Å². The first-order valence-corrected chi connectivity index (χ1v) is 14.9. The lowest BCUT2D eigenvalue weighted by Gasteiger charge is -2.30. The van der Waals surface area contributed by atoms with Gasteiger partial charge in [0.1, 0.15) is 18.1 Å². The molecule has 0 unspecified atom stereocenters. The average molecular weight is 716 g/mol. The minimum atomic E-state index is -0.626. The van der Waals surface area contributed by atoms with Crippen LogP contribution in [-0.4, -0.2) is 36.4 Å².